The molecule has 0 spiro atoms. The molecule has 7 heteroatoms. The van der Waals surface area contributed by atoms with Gasteiger partial charge in [0.25, 0.3) is 0 Å². The van der Waals surface area contributed by atoms with Crippen LogP contribution in [0.2, 0.25) is 0 Å². The number of nitrogens with two attached hydrogens (primary N) is 1. The highest BCUT2D eigenvalue weighted by Crippen LogP contribution is 2.22. The third-order valence-electron chi connectivity index (χ3n) is 6.35. The molecule has 1 aromatic rings. The number of halogens is 1. The highest BCUT2D eigenvalue weighted by atomic mass is 19.1. The van der Waals surface area contributed by atoms with Crippen molar-refractivity contribution in [3.05, 3.63) is 35.6 Å². The summed E-state index contributed by atoms with van der Waals surface area (Å²) in [5.74, 6) is 0.352. The maximum absolute atomic E-state index is 13.8. The predicted molar refractivity (Wildman–Crippen MR) is 111 cm³/mol. The maximum atomic E-state index is 13.8. The molecule has 0 bridgehead atoms. The van der Waals surface area contributed by atoms with E-state index in [4.69, 9.17) is 5.73 Å². The quantitative estimate of drug-likeness (QED) is 0.791. The van der Waals surface area contributed by atoms with Crippen LogP contribution in [0.1, 0.15) is 31.2 Å². The van der Waals surface area contributed by atoms with Gasteiger partial charge in [0.1, 0.15) is 5.82 Å². The molecule has 2 fully saturated rings. The van der Waals surface area contributed by atoms with Gasteiger partial charge in [0.05, 0.1) is 5.92 Å². The van der Waals surface area contributed by atoms with Crippen LogP contribution in [0, 0.1) is 17.7 Å². The van der Waals surface area contributed by atoms with Crippen LogP contribution >= 0.6 is 0 Å². The third-order valence-corrected chi connectivity index (χ3v) is 6.35. The lowest BCUT2D eigenvalue weighted by Crippen LogP contribution is -2.48. The van der Waals surface area contributed by atoms with Crippen LogP contribution in [0.5, 0.6) is 0 Å². The monoisotopic (exact) mass is 404 g/mol. The Morgan fingerprint density at radius 3 is 2.59 bits per heavy atom. The lowest BCUT2D eigenvalue weighted by atomic mass is 9.93. The molecule has 0 saturated carbocycles. The van der Waals surface area contributed by atoms with E-state index in [0.29, 0.717) is 19.0 Å². The lowest BCUT2D eigenvalue weighted by molar-refractivity contribution is -0.136. The molecule has 3 amide bonds. The van der Waals surface area contributed by atoms with Gasteiger partial charge in [0.15, 0.2) is 0 Å². The smallest absolute Gasteiger partial charge is 0.314 e. The van der Waals surface area contributed by atoms with Gasteiger partial charge >= 0.3 is 6.03 Å². The summed E-state index contributed by atoms with van der Waals surface area (Å²) in [6.07, 6.45) is 4.47. The van der Waals surface area contributed by atoms with Crippen LogP contribution in [0.25, 0.3) is 0 Å². The molecule has 29 heavy (non-hydrogen) atoms. The molecule has 2 aliphatic rings. The Hall–Kier alpha value is -2.15. The van der Waals surface area contributed by atoms with E-state index in [-0.39, 0.29) is 17.6 Å². The van der Waals surface area contributed by atoms with E-state index in [9.17, 15) is 14.0 Å². The second-order valence-corrected chi connectivity index (χ2v) is 8.47. The number of hydrogen-bond donors (Lipinski definition) is 1. The minimum absolute atomic E-state index is 0.123. The Morgan fingerprint density at radius 2 is 1.90 bits per heavy atom. The topological polar surface area (TPSA) is 69.9 Å². The van der Waals surface area contributed by atoms with E-state index in [0.717, 1.165) is 63.8 Å². The molecule has 3 rings (SSSR count). The molecule has 1 atom stereocenters. The Labute approximate surface area is 172 Å². The van der Waals surface area contributed by atoms with E-state index in [1.165, 1.54) is 6.07 Å². The molecule has 0 aliphatic carbocycles. The van der Waals surface area contributed by atoms with Gasteiger partial charge in [0, 0.05) is 33.2 Å². The lowest BCUT2D eigenvalue weighted by Gasteiger charge is -2.36. The zero-order chi connectivity index (χ0) is 20.8. The minimum atomic E-state index is -0.437. The summed E-state index contributed by atoms with van der Waals surface area (Å²) < 4.78 is 13.8. The summed E-state index contributed by atoms with van der Waals surface area (Å²) in [5, 5.41) is 0. The first-order chi connectivity index (χ1) is 13.9. The summed E-state index contributed by atoms with van der Waals surface area (Å²) in [7, 11) is 1.87. The van der Waals surface area contributed by atoms with E-state index >= 15 is 0 Å². The van der Waals surface area contributed by atoms with Crippen LogP contribution in [0.15, 0.2) is 24.3 Å². The average molecular weight is 405 g/mol. The fraction of sp³-hybridized carbons (Fsp3) is 0.636. The molecular formula is C22H33FN4O2. The van der Waals surface area contributed by atoms with Crippen molar-refractivity contribution >= 4 is 11.9 Å². The molecule has 2 aliphatic heterocycles. The van der Waals surface area contributed by atoms with Crippen molar-refractivity contribution in [2.24, 2.45) is 17.6 Å². The number of carbonyl (C=O) groups is 2. The summed E-state index contributed by atoms with van der Waals surface area (Å²) in [5.41, 5.74) is 6.15. The van der Waals surface area contributed by atoms with Crippen molar-refractivity contribution in [3.63, 3.8) is 0 Å². The number of primary amides is 1. The van der Waals surface area contributed by atoms with Crippen molar-refractivity contribution in [2.75, 3.05) is 46.3 Å². The molecule has 2 N–H and O–H groups in total. The van der Waals surface area contributed by atoms with E-state index in [1.807, 2.05) is 24.1 Å². The molecular weight excluding hydrogens is 371 g/mol. The third kappa shape index (κ3) is 5.92. The molecule has 1 aromatic carbocycles. The first-order valence-corrected chi connectivity index (χ1v) is 10.7. The van der Waals surface area contributed by atoms with Gasteiger partial charge in [-0.15, -0.1) is 0 Å². The van der Waals surface area contributed by atoms with E-state index < -0.39 is 6.03 Å². The number of hydrogen-bond acceptors (Lipinski definition) is 3. The van der Waals surface area contributed by atoms with Crippen molar-refractivity contribution in [1.82, 2.24) is 14.7 Å². The summed E-state index contributed by atoms with van der Waals surface area (Å²) in [4.78, 5) is 30.0. The van der Waals surface area contributed by atoms with E-state index in [2.05, 4.69) is 4.90 Å². The standard InChI is InChI=1S/C22H33FN4O2/c1-25(21(28)19-6-4-11-27(16-19)22(24)29)15-17-8-12-26(13-9-17)14-10-18-5-2-3-7-20(18)23/h2-3,5,7,17,19H,4,6,8-16H2,1H3,(H2,24,29)/t19-/m1/s1. The van der Waals surface area contributed by atoms with Gasteiger partial charge < -0.3 is 20.4 Å². The molecule has 0 unspecified atom stereocenters. The fourth-order valence-corrected chi connectivity index (χ4v) is 4.54. The highest BCUT2D eigenvalue weighted by molar-refractivity contribution is 5.80. The summed E-state index contributed by atoms with van der Waals surface area (Å²) >= 11 is 0. The number of benzene rings is 1. The van der Waals surface area contributed by atoms with Crippen molar-refractivity contribution < 1.29 is 14.0 Å². The molecule has 2 saturated heterocycles. The predicted octanol–water partition coefficient (Wildman–Crippen LogP) is 2.33. The maximum Gasteiger partial charge on any atom is 0.314 e. The Bertz CT molecular complexity index is 706. The van der Waals surface area contributed by atoms with Crippen LogP contribution in [0.3, 0.4) is 0 Å². The van der Waals surface area contributed by atoms with Gasteiger partial charge in [0.2, 0.25) is 5.91 Å². The molecule has 2 heterocycles. The Kier molecular flexibility index (Phi) is 7.47. The van der Waals surface area contributed by atoms with Crippen molar-refractivity contribution in [2.45, 2.75) is 32.1 Å². The van der Waals surface area contributed by atoms with Crippen LogP contribution in [-0.2, 0) is 11.2 Å². The van der Waals surface area contributed by atoms with Crippen LogP contribution in [0.4, 0.5) is 9.18 Å². The second kappa shape index (κ2) is 10.1. The molecule has 0 radical (unpaired) electrons. The van der Waals surface area contributed by atoms with Gasteiger partial charge in [-0.25, -0.2) is 9.18 Å². The Morgan fingerprint density at radius 1 is 1.17 bits per heavy atom. The van der Waals surface area contributed by atoms with Crippen molar-refractivity contribution in [3.8, 4) is 0 Å². The second-order valence-electron chi connectivity index (χ2n) is 8.47. The largest absolute Gasteiger partial charge is 0.351 e. The Balaban J connectivity index is 1.40. The summed E-state index contributed by atoms with van der Waals surface area (Å²) in [6, 6.07) is 6.54. The van der Waals surface area contributed by atoms with Crippen LogP contribution < -0.4 is 5.73 Å². The number of nitrogens with zero attached hydrogens (tertiary/aromatic N) is 3. The molecule has 160 valence electrons. The molecule has 0 aromatic heterocycles. The zero-order valence-electron chi connectivity index (χ0n) is 17.4. The van der Waals surface area contributed by atoms with E-state index in [1.54, 1.807) is 11.0 Å². The van der Waals surface area contributed by atoms with Crippen LogP contribution in [-0.4, -0.2) is 73.0 Å². The number of carbonyl (C=O) groups excluding carboxylic acids is 2. The van der Waals surface area contributed by atoms with Gasteiger partial charge in [-0.2, -0.15) is 0 Å². The SMILES string of the molecule is CN(CC1CCN(CCc2ccccc2F)CC1)C(=O)[C@@H]1CCCN(C(N)=O)C1. The number of urea groups is 1. The summed E-state index contributed by atoms with van der Waals surface area (Å²) in [6.45, 7) is 4.68. The first kappa shape index (κ1) is 21.6. The molecule has 6 nitrogen and oxygen atoms in total. The highest BCUT2D eigenvalue weighted by Gasteiger charge is 2.30. The van der Waals surface area contributed by atoms with Gasteiger partial charge in [-0.1, -0.05) is 18.2 Å². The number of likely N-dealkylation sites (tertiary alicyclic amines) is 2. The van der Waals surface area contributed by atoms with Crippen molar-refractivity contribution in [1.29, 1.82) is 0 Å². The fourth-order valence-electron chi connectivity index (χ4n) is 4.54. The number of amides is 3. The normalized spacial score (nSPS) is 21.2. The zero-order valence-corrected chi connectivity index (χ0v) is 17.4. The van der Waals surface area contributed by atoms with Gasteiger partial charge in [-0.3, -0.25) is 4.79 Å². The number of piperidine rings is 2. The first-order valence-electron chi connectivity index (χ1n) is 10.7. The average Bonchev–Trinajstić information content (AvgIpc) is 2.73. The minimum Gasteiger partial charge on any atom is -0.351 e. The number of rotatable bonds is 6. The van der Waals surface area contributed by atoms with Gasteiger partial charge in [-0.05, 0) is 62.7 Å².